The number of hydrogen-bond acceptors (Lipinski definition) is 6. The maximum atomic E-state index is 11.7. The summed E-state index contributed by atoms with van der Waals surface area (Å²) in [6.45, 7) is 0. The molecule has 7 nitrogen and oxygen atoms in total. The van der Waals surface area contributed by atoms with Gasteiger partial charge in [0.25, 0.3) is 5.91 Å². The number of nitrogens with one attached hydrogen (secondary N) is 1. The summed E-state index contributed by atoms with van der Waals surface area (Å²) in [6.07, 6.45) is 2.95. The third-order valence-corrected chi connectivity index (χ3v) is 2.77. The molecule has 1 amide bonds. The van der Waals surface area contributed by atoms with Crippen LogP contribution >= 0.6 is 0 Å². The number of amides is 1. The van der Waals surface area contributed by atoms with E-state index in [1.54, 1.807) is 0 Å². The second-order valence-corrected chi connectivity index (χ2v) is 3.93. The third-order valence-electron chi connectivity index (χ3n) is 2.77. The van der Waals surface area contributed by atoms with Gasteiger partial charge in [-0.2, -0.15) is 0 Å². The van der Waals surface area contributed by atoms with E-state index in [-0.39, 0.29) is 17.6 Å². The highest BCUT2D eigenvalue weighted by molar-refractivity contribution is 5.96. The summed E-state index contributed by atoms with van der Waals surface area (Å²) in [5.41, 5.74) is 5.36. The van der Waals surface area contributed by atoms with Crippen LogP contribution < -0.4 is 11.1 Å². The number of aliphatic hydroxyl groups excluding tert-OH is 1. The van der Waals surface area contributed by atoms with Crippen molar-refractivity contribution >= 4 is 11.7 Å². The van der Waals surface area contributed by atoms with E-state index in [0.29, 0.717) is 6.42 Å². The lowest BCUT2D eigenvalue weighted by Gasteiger charge is -2.27. The Kier molecular flexibility index (Phi) is 3.04. The van der Waals surface area contributed by atoms with E-state index in [2.05, 4.69) is 20.3 Å². The molecule has 0 saturated heterocycles. The molecule has 0 radical (unpaired) electrons. The van der Waals surface area contributed by atoms with Crippen molar-refractivity contribution in [2.75, 3.05) is 5.73 Å². The fourth-order valence-corrected chi connectivity index (χ4v) is 1.87. The van der Waals surface area contributed by atoms with Gasteiger partial charge in [-0.1, -0.05) is 12.8 Å². The van der Waals surface area contributed by atoms with Gasteiger partial charge in [-0.05, 0) is 23.2 Å². The van der Waals surface area contributed by atoms with Gasteiger partial charge >= 0.3 is 0 Å². The minimum absolute atomic E-state index is 0.0298. The topological polar surface area (TPSA) is 114 Å². The van der Waals surface area contributed by atoms with Gasteiger partial charge in [-0.3, -0.25) is 4.79 Å². The first kappa shape index (κ1) is 10.9. The number of carbonyl (C=O) groups is 1. The van der Waals surface area contributed by atoms with E-state index in [9.17, 15) is 9.90 Å². The molecule has 1 heterocycles. The maximum absolute atomic E-state index is 11.7. The number of carbonyl (C=O) groups excluding carboxylic acids is 1. The Balaban J connectivity index is 1.99. The number of nitrogens with zero attached hydrogens (tertiary/aromatic N) is 2. The van der Waals surface area contributed by atoms with Gasteiger partial charge < -0.3 is 16.2 Å². The highest BCUT2D eigenvalue weighted by Crippen LogP contribution is 2.18. The summed E-state index contributed by atoms with van der Waals surface area (Å²) < 4.78 is 4.33. The van der Waals surface area contributed by atoms with Gasteiger partial charge in [0.1, 0.15) is 0 Å². The van der Waals surface area contributed by atoms with Gasteiger partial charge in [0.05, 0.1) is 12.1 Å². The van der Waals surface area contributed by atoms with Crippen LogP contribution in [0.1, 0.15) is 36.2 Å². The molecule has 1 aliphatic rings. The van der Waals surface area contributed by atoms with E-state index in [1.165, 1.54) is 0 Å². The lowest BCUT2D eigenvalue weighted by atomic mass is 9.92. The summed E-state index contributed by atoms with van der Waals surface area (Å²) in [5, 5.41) is 19.1. The molecule has 0 unspecified atom stereocenters. The van der Waals surface area contributed by atoms with Gasteiger partial charge in [-0.15, -0.1) is 0 Å². The molecular weight excluding hydrogens is 212 g/mol. The Morgan fingerprint density at radius 1 is 1.44 bits per heavy atom. The van der Waals surface area contributed by atoms with Crippen molar-refractivity contribution < 1.29 is 14.5 Å². The van der Waals surface area contributed by atoms with Crippen LogP contribution in [0.15, 0.2) is 4.63 Å². The smallest absolute Gasteiger partial charge is 0.277 e. The second-order valence-electron chi connectivity index (χ2n) is 3.93. The van der Waals surface area contributed by atoms with Gasteiger partial charge in [0.2, 0.25) is 11.5 Å². The molecule has 1 saturated carbocycles. The number of hydrogen-bond donors (Lipinski definition) is 3. The summed E-state index contributed by atoms with van der Waals surface area (Å²) in [4.78, 5) is 11.7. The maximum Gasteiger partial charge on any atom is 0.277 e. The largest absolute Gasteiger partial charge is 0.391 e. The fraction of sp³-hybridized carbons (Fsp3) is 0.667. The predicted octanol–water partition coefficient (Wildman–Crippen LogP) is -0.315. The van der Waals surface area contributed by atoms with Crippen molar-refractivity contribution in [3.63, 3.8) is 0 Å². The van der Waals surface area contributed by atoms with E-state index in [4.69, 9.17) is 5.73 Å². The lowest BCUT2D eigenvalue weighted by Crippen LogP contribution is -2.45. The summed E-state index contributed by atoms with van der Waals surface area (Å²) in [6, 6.07) is -0.239. The van der Waals surface area contributed by atoms with Crippen molar-refractivity contribution in [2.45, 2.75) is 37.8 Å². The molecule has 0 aliphatic heterocycles. The van der Waals surface area contributed by atoms with Crippen LogP contribution in [0.2, 0.25) is 0 Å². The van der Waals surface area contributed by atoms with Crippen molar-refractivity contribution in [3.8, 4) is 0 Å². The van der Waals surface area contributed by atoms with Crippen LogP contribution in [0.4, 0.5) is 5.82 Å². The van der Waals surface area contributed by atoms with E-state index >= 15 is 0 Å². The van der Waals surface area contributed by atoms with Crippen LogP contribution in [0.5, 0.6) is 0 Å². The zero-order chi connectivity index (χ0) is 11.5. The average Bonchev–Trinajstić information content (AvgIpc) is 2.68. The fourth-order valence-electron chi connectivity index (χ4n) is 1.87. The van der Waals surface area contributed by atoms with Crippen LogP contribution in [0.25, 0.3) is 0 Å². The normalized spacial score (nSPS) is 25.3. The Morgan fingerprint density at radius 3 is 2.81 bits per heavy atom. The number of aromatic nitrogens is 2. The highest BCUT2D eigenvalue weighted by atomic mass is 16.6. The summed E-state index contributed by atoms with van der Waals surface area (Å²) >= 11 is 0. The number of aliphatic hydroxyl groups is 1. The Labute approximate surface area is 92.0 Å². The summed E-state index contributed by atoms with van der Waals surface area (Å²) in [7, 11) is 0. The molecule has 0 spiro atoms. The average molecular weight is 226 g/mol. The first-order valence-electron chi connectivity index (χ1n) is 5.25. The van der Waals surface area contributed by atoms with Crippen molar-refractivity contribution in [1.82, 2.24) is 15.6 Å². The number of anilines is 1. The van der Waals surface area contributed by atoms with Gasteiger partial charge in [0, 0.05) is 0 Å². The van der Waals surface area contributed by atoms with Crippen molar-refractivity contribution in [1.29, 1.82) is 0 Å². The molecule has 2 rings (SSSR count). The Morgan fingerprint density at radius 2 is 2.19 bits per heavy atom. The van der Waals surface area contributed by atoms with Gasteiger partial charge in [-0.25, -0.2) is 4.63 Å². The highest BCUT2D eigenvalue weighted by Gasteiger charge is 2.26. The first-order valence-corrected chi connectivity index (χ1v) is 5.25. The first-order chi connectivity index (χ1) is 7.68. The molecule has 4 N–H and O–H groups in total. The van der Waals surface area contributed by atoms with Crippen LogP contribution in [-0.2, 0) is 0 Å². The Hall–Kier alpha value is -1.63. The second kappa shape index (κ2) is 4.48. The molecule has 7 heteroatoms. The van der Waals surface area contributed by atoms with E-state index in [0.717, 1.165) is 19.3 Å². The minimum atomic E-state index is -0.501. The number of nitrogen functional groups attached to an aromatic ring is 1. The molecular formula is C9H14N4O3. The van der Waals surface area contributed by atoms with Crippen LogP contribution in [-0.4, -0.2) is 33.5 Å². The molecule has 0 bridgehead atoms. The molecule has 2 atom stereocenters. The third kappa shape index (κ3) is 2.13. The Bertz CT molecular complexity index is 379. The molecule has 1 fully saturated rings. The number of nitrogens with two attached hydrogens (primary N) is 1. The molecule has 16 heavy (non-hydrogen) atoms. The van der Waals surface area contributed by atoms with Crippen LogP contribution in [0, 0.1) is 0 Å². The minimum Gasteiger partial charge on any atom is -0.391 e. The zero-order valence-corrected chi connectivity index (χ0v) is 8.72. The van der Waals surface area contributed by atoms with Crippen molar-refractivity contribution in [2.24, 2.45) is 0 Å². The number of rotatable bonds is 2. The molecule has 1 aromatic heterocycles. The monoisotopic (exact) mass is 226 g/mol. The van der Waals surface area contributed by atoms with Crippen LogP contribution in [0.3, 0.4) is 0 Å². The predicted molar refractivity (Wildman–Crippen MR) is 54.4 cm³/mol. The molecule has 1 aliphatic carbocycles. The molecule has 0 aromatic carbocycles. The standard InChI is InChI=1S/C9H14N4O3/c10-8-7(12-16-13-8)9(15)11-5-3-1-2-4-6(5)14/h5-6,14H,1-4H2,(H2,10,13)(H,11,15)/t5-,6-/m0/s1. The summed E-state index contributed by atoms with van der Waals surface area (Å²) in [5.74, 6) is -0.493. The molecule has 1 aromatic rings. The van der Waals surface area contributed by atoms with Gasteiger partial charge in [0.15, 0.2) is 0 Å². The SMILES string of the molecule is Nc1nonc1C(=O)N[C@H]1CCCC[C@@H]1O. The van der Waals surface area contributed by atoms with E-state index in [1.807, 2.05) is 0 Å². The molecule has 88 valence electrons. The van der Waals surface area contributed by atoms with Crippen molar-refractivity contribution in [3.05, 3.63) is 5.69 Å². The lowest BCUT2D eigenvalue weighted by molar-refractivity contribution is 0.0711. The van der Waals surface area contributed by atoms with E-state index < -0.39 is 12.0 Å². The quantitative estimate of drug-likeness (QED) is 0.637. The zero-order valence-electron chi connectivity index (χ0n) is 8.72.